The standard InChI is InChI=1S/C24H23N3O7.C2H6.CH3Cl/c1-31-18-8-11-7-14(25-19(11)22(33-3)21(18)32-2)23(29)27-6-5-12-13-9-15(24(30)34-4)26-20(13)17(28)10-16(12)27;2*1-2/h7-10,25-26,28H,5-6H2,1-4H3;1-2H3;1H3. The molecule has 1 aliphatic heterocycles. The minimum absolute atomic E-state index is 0.0589. The summed E-state index contributed by atoms with van der Waals surface area (Å²) < 4.78 is 21.1. The number of aromatic hydroxyl groups is 1. The van der Waals surface area contributed by atoms with E-state index < -0.39 is 5.97 Å². The second-order valence-electron chi connectivity index (χ2n) is 7.86. The Balaban J connectivity index is 0.000000956. The average Bonchev–Trinajstić information content (AvgIpc) is 3.70. The summed E-state index contributed by atoms with van der Waals surface area (Å²) >= 11 is 4.64. The van der Waals surface area contributed by atoms with E-state index in [0.717, 1.165) is 10.9 Å². The molecule has 3 heterocycles. The highest BCUT2D eigenvalue weighted by Crippen LogP contribution is 2.44. The van der Waals surface area contributed by atoms with Crippen molar-refractivity contribution < 1.29 is 33.6 Å². The molecule has 0 bridgehead atoms. The van der Waals surface area contributed by atoms with Crippen molar-refractivity contribution in [2.24, 2.45) is 0 Å². The van der Waals surface area contributed by atoms with Crippen LogP contribution in [0, 0.1) is 0 Å². The Morgan fingerprint density at radius 2 is 1.55 bits per heavy atom. The van der Waals surface area contributed by atoms with Crippen molar-refractivity contribution in [2.75, 3.05) is 46.3 Å². The number of carbonyl (C=O) groups excluding carboxylic acids is 2. The average molecular weight is 546 g/mol. The van der Waals surface area contributed by atoms with Crippen LogP contribution in [0.3, 0.4) is 0 Å². The number of nitrogens with zero attached hydrogens (tertiary/aromatic N) is 1. The van der Waals surface area contributed by atoms with Crippen molar-refractivity contribution >= 4 is 51.0 Å². The number of aromatic nitrogens is 2. The number of fused-ring (bicyclic) bond motifs is 4. The van der Waals surface area contributed by atoms with E-state index in [-0.39, 0.29) is 17.4 Å². The van der Waals surface area contributed by atoms with Gasteiger partial charge < -0.3 is 38.9 Å². The van der Waals surface area contributed by atoms with Crippen LogP contribution in [0.1, 0.15) is 40.4 Å². The van der Waals surface area contributed by atoms with Crippen molar-refractivity contribution in [1.82, 2.24) is 9.97 Å². The minimum atomic E-state index is -0.534. The summed E-state index contributed by atoms with van der Waals surface area (Å²) in [5, 5.41) is 12.0. The zero-order valence-electron chi connectivity index (χ0n) is 22.4. The van der Waals surface area contributed by atoms with Crippen LogP contribution in [-0.4, -0.2) is 68.3 Å². The number of aromatic amines is 2. The SMILES string of the molecule is CC.CCl.COC(=O)c1cc2c3c(cc(O)c2[nH]1)N(C(=O)c1cc2cc(OC)c(OC)c(OC)c2[nH]1)CC3. The van der Waals surface area contributed by atoms with E-state index in [1.54, 1.807) is 23.1 Å². The molecule has 0 aliphatic carbocycles. The highest BCUT2D eigenvalue weighted by atomic mass is 35.5. The lowest BCUT2D eigenvalue weighted by Crippen LogP contribution is -2.29. The smallest absolute Gasteiger partial charge is 0.354 e. The maximum atomic E-state index is 13.5. The van der Waals surface area contributed by atoms with Gasteiger partial charge in [-0.15, -0.1) is 11.6 Å². The summed E-state index contributed by atoms with van der Waals surface area (Å²) in [4.78, 5) is 33.1. The molecule has 11 heteroatoms. The first kappa shape index (κ1) is 28.5. The van der Waals surface area contributed by atoms with Gasteiger partial charge in [-0.2, -0.15) is 0 Å². The summed E-state index contributed by atoms with van der Waals surface area (Å²) in [6, 6.07) is 6.67. The Bertz CT molecular complexity index is 1480. The van der Waals surface area contributed by atoms with E-state index in [1.165, 1.54) is 40.9 Å². The molecule has 4 aromatic rings. The van der Waals surface area contributed by atoms with Gasteiger partial charge in [-0.25, -0.2) is 4.79 Å². The van der Waals surface area contributed by atoms with Crippen LogP contribution >= 0.6 is 11.6 Å². The molecule has 0 spiro atoms. The molecular weight excluding hydrogens is 514 g/mol. The largest absolute Gasteiger partial charge is 0.506 e. The third-order valence-electron chi connectivity index (χ3n) is 6.16. The molecular formula is C27H32ClN3O7. The molecule has 0 atom stereocenters. The van der Waals surface area contributed by atoms with Gasteiger partial charge in [-0.05, 0) is 30.2 Å². The first-order valence-electron chi connectivity index (χ1n) is 11.9. The lowest BCUT2D eigenvalue weighted by molar-refractivity contribution is 0.0595. The number of amides is 1. The molecule has 204 valence electrons. The number of benzene rings is 2. The number of halogens is 1. The number of nitrogens with one attached hydrogen (secondary N) is 2. The van der Waals surface area contributed by atoms with Gasteiger partial charge in [0, 0.05) is 29.8 Å². The van der Waals surface area contributed by atoms with E-state index in [0.29, 0.717) is 58.0 Å². The van der Waals surface area contributed by atoms with E-state index in [4.69, 9.17) is 18.9 Å². The Hall–Kier alpha value is -4.05. The molecule has 2 aromatic heterocycles. The number of carbonyl (C=O) groups is 2. The van der Waals surface area contributed by atoms with Crippen LogP contribution in [0.5, 0.6) is 23.0 Å². The summed E-state index contributed by atoms with van der Waals surface area (Å²) in [6.07, 6.45) is 2.04. The Labute approximate surface area is 225 Å². The van der Waals surface area contributed by atoms with Crippen LogP contribution < -0.4 is 19.1 Å². The molecule has 0 saturated heterocycles. The van der Waals surface area contributed by atoms with Crippen molar-refractivity contribution in [3.05, 3.63) is 41.2 Å². The fraction of sp³-hybridized carbons (Fsp3) is 0.333. The van der Waals surface area contributed by atoms with Crippen molar-refractivity contribution in [3.8, 4) is 23.0 Å². The van der Waals surface area contributed by atoms with Crippen molar-refractivity contribution in [2.45, 2.75) is 20.3 Å². The number of hydrogen-bond donors (Lipinski definition) is 3. The van der Waals surface area contributed by atoms with Gasteiger partial charge in [-0.3, -0.25) is 4.79 Å². The van der Waals surface area contributed by atoms with E-state index in [1.807, 2.05) is 13.8 Å². The molecule has 10 nitrogen and oxygen atoms in total. The molecule has 0 saturated carbocycles. The zero-order chi connectivity index (χ0) is 28.1. The minimum Gasteiger partial charge on any atom is -0.506 e. The van der Waals surface area contributed by atoms with Gasteiger partial charge in [-0.1, -0.05) is 13.8 Å². The number of phenolic OH excluding ortho intramolecular Hbond substituents is 1. The van der Waals surface area contributed by atoms with Gasteiger partial charge in [0.2, 0.25) is 5.75 Å². The predicted octanol–water partition coefficient (Wildman–Crippen LogP) is 5.25. The molecule has 3 N–H and O–H groups in total. The molecule has 1 aliphatic rings. The van der Waals surface area contributed by atoms with Crippen molar-refractivity contribution in [1.29, 1.82) is 0 Å². The molecule has 0 radical (unpaired) electrons. The second kappa shape index (κ2) is 12.0. The number of esters is 1. The third kappa shape index (κ3) is 4.67. The summed E-state index contributed by atoms with van der Waals surface area (Å²) in [7, 11) is 5.85. The number of phenols is 1. The fourth-order valence-electron chi connectivity index (χ4n) is 4.60. The van der Waals surface area contributed by atoms with Gasteiger partial charge in [0.15, 0.2) is 11.5 Å². The quantitative estimate of drug-likeness (QED) is 0.231. The van der Waals surface area contributed by atoms with Gasteiger partial charge >= 0.3 is 5.97 Å². The molecule has 0 fully saturated rings. The lowest BCUT2D eigenvalue weighted by atomic mass is 10.1. The molecule has 2 aromatic carbocycles. The highest BCUT2D eigenvalue weighted by molar-refractivity contribution is 6.15. The molecule has 1 amide bonds. The number of H-pyrrole nitrogens is 2. The summed E-state index contributed by atoms with van der Waals surface area (Å²) in [6.45, 7) is 4.42. The maximum Gasteiger partial charge on any atom is 0.354 e. The molecule has 0 unspecified atom stereocenters. The van der Waals surface area contributed by atoms with Crippen LogP contribution in [0.15, 0.2) is 24.3 Å². The summed E-state index contributed by atoms with van der Waals surface area (Å²) in [5.74, 6) is 0.477. The van der Waals surface area contributed by atoms with Gasteiger partial charge in [0.1, 0.15) is 17.1 Å². The zero-order valence-corrected chi connectivity index (χ0v) is 23.2. The number of rotatable bonds is 5. The van der Waals surface area contributed by atoms with Crippen LogP contribution in [0.4, 0.5) is 5.69 Å². The van der Waals surface area contributed by atoms with Crippen LogP contribution in [0.2, 0.25) is 0 Å². The normalized spacial score (nSPS) is 11.7. The predicted molar refractivity (Wildman–Crippen MR) is 148 cm³/mol. The number of alkyl halides is 1. The summed E-state index contributed by atoms with van der Waals surface area (Å²) in [5.41, 5.74) is 3.07. The van der Waals surface area contributed by atoms with Crippen LogP contribution in [-0.2, 0) is 11.2 Å². The van der Waals surface area contributed by atoms with Crippen LogP contribution in [0.25, 0.3) is 21.8 Å². The lowest BCUT2D eigenvalue weighted by Gasteiger charge is -2.17. The van der Waals surface area contributed by atoms with Gasteiger partial charge in [0.25, 0.3) is 5.91 Å². The Morgan fingerprint density at radius 3 is 2.16 bits per heavy atom. The fourth-order valence-corrected chi connectivity index (χ4v) is 4.60. The number of ether oxygens (including phenoxy) is 4. The monoisotopic (exact) mass is 545 g/mol. The first-order chi connectivity index (χ1) is 18.4. The molecule has 5 rings (SSSR count). The third-order valence-corrected chi connectivity index (χ3v) is 6.16. The topological polar surface area (TPSA) is 126 Å². The highest BCUT2D eigenvalue weighted by Gasteiger charge is 2.31. The van der Waals surface area contributed by atoms with E-state index in [9.17, 15) is 14.7 Å². The second-order valence-corrected chi connectivity index (χ2v) is 7.86. The maximum absolute atomic E-state index is 13.5. The number of anilines is 1. The first-order valence-corrected chi connectivity index (χ1v) is 12.6. The van der Waals surface area contributed by atoms with E-state index in [2.05, 4.69) is 21.6 Å². The Kier molecular flexibility index (Phi) is 9.00. The van der Waals surface area contributed by atoms with Crippen molar-refractivity contribution in [3.63, 3.8) is 0 Å². The Morgan fingerprint density at radius 1 is 0.895 bits per heavy atom. The van der Waals surface area contributed by atoms with Gasteiger partial charge in [0.05, 0.1) is 45.2 Å². The number of methoxy groups -OCH3 is 4. The molecule has 38 heavy (non-hydrogen) atoms. The van der Waals surface area contributed by atoms with E-state index >= 15 is 0 Å². The number of hydrogen-bond acceptors (Lipinski definition) is 7.